The Kier molecular flexibility index (Phi) is 5.72. The summed E-state index contributed by atoms with van der Waals surface area (Å²) in [4.78, 5) is 41.9. The number of carbonyl (C=O) groups is 2. The van der Waals surface area contributed by atoms with Crippen molar-refractivity contribution in [1.29, 1.82) is 0 Å². The molecule has 34 heavy (non-hydrogen) atoms. The van der Waals surface area contributed by atoms with Gasteiger partial charge in [0.2, 0.25) is 0 Å². The highest BCUT2D eigenvalue weighted by Crippen LogP contribution is 2.50. The van der Waals surface area contributed by atoms with Crippen LogP contribution in [-0.4, -0.2) is 34.1 Å². The van der Waals surface area contributed by atoms with Gasteiger partial charge in [-0.2, -0.15) is 0 Å². The maximum Gasteiger partial charge on any atom is 0.269 e. The number of allylic oxidation sites excluding steroid dienone is 1. The van der Waals surface area contributed by atoms with E-state index in [4.69, 9.17) is 9.73 Å². The minimum atomic E-state index is -0.534. The number of aromatic nitrogens is 2. The molecule has 0 radical (unpaired) electrons. The maximum atomic E-state index is 13.4. The van der Waals surface area contributed by atoms with Crippen LogP contribution in [0.4, 0.5) is 5.69 Å². The van der Waals surface area contributed by atoms with Crippen LogP contribution >= 0.6 is 11.8 Å². The van der Waals surface area contributed by atoms with E-state index in [0.717, 1.165) is 21.5 Å². The molecule has 1 atom stereocenters. The number of thioether (sulfide) groups is 1. The first-order valence-corrected chi connectivity index (χ1v) is 11.2. The van der Waals surface area contributed by atoms with E-state index >= 15 is 0 Å². The largest absolute Gasteiger partial charge is 0.497 e. The molecule has 0 fully saturated rings. The Hall–Kier alpha value is -4.18. The number of ether oxygens (including phenoxy) is 1. The molecule has 2 aliphatic rings. The number of hydrogen-bond donors (Lipinski definition) is 2. The number of amides is 2. The van der Waals surface area contributed by atoms with Crippen LogP contribution in [-0.2, 0) is 4.79 Å². The second-order valence-electron chi connectivity index (χ2n) is 7.50. The summed E-state index contributed by atoms with van der Waals surface area (Å²) in [6.45, 7) is 1.78. The number of carbonyl (C=O) groups excluding carboxylic acids is 2. The number of hydrazine groups is 1. The predicted octanol–water partition coefficient (Wildman–Crippen LogP) is 3.24. The first-order valence-electron chi connectivity index (χ1n) is 10.4. The molecule has 0 saturated carbocycles. The Morgan fingerprint density at radius 2 is 1.82 bits per heavy atom. The fourth-order valence-electron chi connectivity index (χ4n) is 3.87. The number of amidine groups is 1. The van der Waals surface area contributed by atoms with Gasteiger partial charge in [0.1, 0.15) is 11.8 Å². The van der Waals surface area contributed by atoms with Crippen molar-refractivity contribution in [1.82, 2.24) is 20.8 Å². The minimum absolute atomic E-state index is 0.380. The van der Waals surface area contributed by atoms with Gasteiger partial charge in [0, 0.05) is 29.0 Å². The van der Waals surface area contributed by atoms with Crippen molar-refractivity contribution in [3.8, 4) is 5.75 Å². The zero-order valence-electron chi connectivity index (χ0n) is 18.4. The van der Waals surface area contributed by atoms with Crippen molar-refractivity contribution >= 4 is 34.4 Å². The second-order valence-corrected chi connectivity index (χ2v) is 8.51. The first-order chi connectivity index (χ1) is 16.6. The number of nitrogens with one attached hydrogen (secondary N) is 2. The monoisotopic (exact) mass is 472 g/mol. The molecule has 0 spiro atoms. The summed E-state index contributed by atoms with van der Waals surface area (Å²) in [5.74, 6) is -0.176. The van der Waals surface area contributed by atoms with E-state index in [0.29, 0.717) is 22.5 Å². The van der Waals surface area contributed by atoms with Gasteiger partial charge in [-0.15, -0.1) is 0 Å². The summed E-state index contributed by atoms with van der Waals surface area (Å²) in [6, 6.07) is 13.9. The SMILES string of the molecule is COc1ccc2c(c1)SC1=NC(C)=C(C(=O)NNC(=O)c3ccncc3)C(c3ccccn3)N12. The molecule has 10 heteroatoms. The predicted molar refractivity (Wildman–Crippen MR) is 128 cm³/mol. The molecule has 2 N–H and O–H groups in total. The second kappa shape index (κ2) is 8.99. The Balaban J connectivity index is 1.50. The average Bonchev–Trinajstić information content (AvgIpc) is 3.24. The zero-order chi connectivity index (χ0) is 23.7. The lowest BCUT2D eigenvalue weighted by Crippen LogP contribution is -2.46. The van der Waals surface area contributed by atoms with Crippen molar-refractivity contribution in [2.45, 2.75) is 17.9 Å². The highest BCUT2D eigenvalue weighted by molar-refractivity contribution is 8.14. The molecule has 1 unspecified atom stereocenters. The van der Waals surface area contributed by atoms with Gasteiger partial charge >= 0.3 is 0 Å². The van der Waals surface area contributed by atoms with Crippen LogP contribution in [0.2, 0.25) is 0 Å². The van der Waals surface area contributed by atoms with Gasteiger partial charge in [-0.05, 0) is 61.2 Å². The number of pyridine rings is 2. The third-order valence-corrected chi connectivity index (χ3v) is 6.48. The Bertz CT molecular complexity index is 1330. The summed E-state index contributed by atoms with van der Waals surface area (Å²) < 4.78 is 5.37. The lowest BCUT2D eigenvalue weighted by molar-refractivity contribution is -0.118. The van der Waals surface area contributed by atoms with E-state index in [1.54, 1.807) is 32.4 Å². The standard InChI is InChI=1S/C24H20N6O3S/c1-14-20(23(32)29-28-22(31)15-8-11-25-12-9-15)21(17-5-3-4-10-26-17)30-18-7-6-16(33-2)13-19(18)34-24(30)27-14/h3-13,21H,1-2H3,(H,28,31)(H,29,32). The number of aliphatic imine (C=N–C) groups is 1. The molecule has 1 aromatic carbocycles. The lowest BCUT2D eigenvalue weighted by atomic mass is 9.97. The van der Waals surface area contributed by atoms with E-state index in [2.05, 4.69) is 20.8 Å². The number of rotatable bonds is 4. The van der Waals surface area contributed by atoms with Crippen LogP contribution in [0, 0.1) is 0 Å². The van der Waals surface area contributed by atoms with Gasteiger partial charge in [-0.3, -0.25) is 30.4 Å². The van der Waals surface area contributed by atoms with Crippen LogP contribution < -0.4 is 20.5 Å². The Morgan fingerprint density at radius 1 is 1.03 bits per heavy atom. The van der Waals surface area contributed by atoms with E-state index in [9.17, 15) is 9.59 Å². The lowest BCUT2D eigenvalue weighted by Gasteiger charge is -2.34. The number of methoxy groups -OCH3 is 1. The van der Waals surface area contributed by atoms with E-state index in [1.807, 2.05) is 41.3 Å². The molecule has 3 aromatic rings. The van der Waals surface area contributed by atoms with Crippen LogP contribution in [0.25, 0.3) is 0 Å². The van der Waals surface area contributed by atoms with E-state index < -0.39 is 17.9 Å². The van der Waals surface area contributed by atoms with Gasteiger partial charge in [-0.25, -0.2) is 4.99 Å². The maximum absolute atomic E-state index is 13.4. The van der Waals surface area contributed by atoms with Crippen molar-refractivity contribution in [3.05, 3.63) is 89.6 Å². The molecule has 4 heterocycles. The molecule has 0 saturated heterocycles. The number of benzene rings is 1. The van der Waals surface area contributed by atoms with Crippen molar-refractivity contribution in [2.24, 2.45) is 4.99 Å². The van der Waals surface area contributed by atoms with Crippen LogP contribution in [0.15, 0.2) is 88.3 Å². The molecule has 9 nitrogen and oxygen atoms in total. The van der Waals surface area contributed by atoms with Gasteiger partial charge in [-0.1, -0.05) is 6.07 Å². The molecule has 5 rings (SSSR count). The molecule has 2 amide bonds. The molecule has 2 aliphatic heterocycles. The first kappa shape index (κ1) is 21.7. The molecule has 2 aromatic heterocycles. The summed E-state index contributed by atoms with van der Waals surface area (Å²) in [6.07, 6.45) is 4.71. The summed E-state index contributed by atoms with van der Waals surface area (Å²) >= 11 is 1.51. The van der Waals surface area contributed by atoms with Crippen LogP contribution in [0.3, 0.4) is 0 Å². The van der Waals surface area contributed by atoms with Gasteiger partial charge in [0.25, 0.3) is 11.8 Å². The van der Waals surface area contributed by atoms with E-state index in [-0.39, 0.29) is 0 Å². The molecule has 170 valence electrons. The minimum Gasteiger partial charge on any atom is -0.497 e. The van der Waals surface area contributed by atoms with Crippen LogP contribution in [0.5, 0.6) is 5.75 Å². The Labute approximate surface area is 199 Å². The molecule has 0 aliphatic carbocycles. The van der Waals surface area contributed by atoms with Crippen LogP contribution in [0.1, 0.15) is 29.0 Å². The third kappa shape index (κ3) is 3.88. The normalized spacial score (nSPS) is 16.4. The Morgan fingerprint density at radius 3 is 2.56 bits per heavy atom. The summed E-state index contributed by atoms with van der Waals surface area (Å²) in [5, 5.41) is 0.744. The summed E-state index contributed by atoms with van der Waals surface area (Å²) in [5.41, 5.74) is 7.91. The molecular formula is C24H20N6O3S. The third-order valence-electron chi connectivity index (χ3n) is 5.46. The highest BCUT2D eigenvalue weighted by atomic mass is 32.2. The van der Waals surface area contributed by atoms with Crippen molar-refractivity contribution in [2.75, 3.05) is 12.0 Å². The fourth-order valence-corrected chi connectivity index (χ4v) is 5.00. The highest BCUT2D eigenvalue weighted by Gasteiger charge is 2.42. The van der Waals surface area contributed by atoms with Gasteiger partial charge in [0.05, 0.1) is 29.8 Å². The fraction of sp³-hybridized carbons (Fsp3) is 0.125. The number of hydrogen-bond acceptors (Lipinski definition) is 8. The molecular weight excluding hydrogens is 452 g/mol. The number of anilines is 1. The van der Waals surface area contributed by atoms with E-state index in [1.165, 1.54) is 24.2 Å². The van der Waals surface area contributed by atoms with Crippen molar-refractivity contribution in [3.63, 3.8) is 0 Å². The summed E-state index contributed by atoms with van der Waals surface area (Å²) in [7, 11) is 1.62. The molecule has 0 bridgehead atoms. The smallest absolute Gasteiger partial charge is 0.269 e. The van der Waals surface area contributed by atoms with Gasteiger partial charge < -0.3 is 9.64 Å². The average molecular weight is 473 g/mol. The topological polar surface area (TPSA) is 109 Å². The quantitative estimate of drug-likeness (QED) is 0.561. The number of fused-ring (bicyclic) bond motifs is 3. The zero-order valence-corrected chi connectivity index (χ0v) is 19.2. The van der Waals surface area contributed by atoms with Gasteiger partial charge in [0.15, 0.2) is 5.17 Å². The number of nitrogens with zero attached hydrogens (tertiary/aromatic N) is 4. The van der Waals surface area contributed by atoms with Crippen molar-refractivity contribution < 1.29 is 14.3 Å².